The zero-order chi connectivity index (χ0) is 23.5. The van der Waals surface area contributed by atoms with Crippen LogP contribution >= 0.6 is 12.2 Å². The molecule has 6 nitrogen and oxygen atoms in total. The first-order valence-electron chi connectivity index (χ1n) is 12.2. The van der Waals surface area contributed by atoms with Crippen molar-refractivity contribution in [2.24, 2.45) is 0 Å². The molecule has 1 aromatic carbocycles. The Morgan fingerprint density at radius 1 is 1.03 bits per heavy atom. The van der Waals surface area contributed by atoms with Gasteiger partial charge in [0.25, 0.3) is 0 Å². The quantitative estimate of drug-likeness (QED) is 0.517. The van der Waals surface area contributed by atoms with Crippen molar-refractivity contribution in [2.75, 3.05) is 39.4 Å². The first kappa shape index (κ1) is 23.0. The van der Waals surface area contributed by atoms with Gasteiger partial charge in [-0.2, -0.15) is 0 Å². The number of aromatic nitrogens is 2. The maximum Gasteiger partial charge on any atom is 0.170 e. The maximum atomic E-state index is 5.89. The van der Waals surface area contributed by atoms with Gasteiger partial charge in [0.05, 0.1) is 31.0 Å². The first-order chi connectivity index (χ1) is 16.6. The topological polar surface area (TPSA) is 45.6 Å². The van der Waals surface area contributed by atoms with Crippen LogP contribution in [0.4, 0.5) is 0 Å². The van der Waals surface area contributed by atoms with E-state index in [0.29, 0.717) is 0 Å². The molecule has 0 spiro atoms. The van der Waals surface area contributed by atoms with E-state index >= 15 is 0 Å². The number of hydrogen-bond acceptors (Lipinski definition) is 4. The van der Waals surface area contributed by atoms with Gasteiger partial charge in [-0.3, -0.25) is 9.88 Å². The molecule has 2 saturated heterocycles. The van der Waals surface area contributed by atoms with E-state index in [4.69, 9.17) is 21.9 Å². The number of pyridine rings is 1. The lowest BCUT2D eigenvalue weighted by Crippen LogP contribution is -2.39. The highest BCUT2D eigenvalue weighted by atomic mass is 32.1. The second-order valence-corrected chi connectivity index (χ2v) is 9.51. The summed E-state index contributed by atoms with van der Waals surface area (Å²) < 4.78 is 7.85. The smallest absolute Gasteiger partial charge is 0.170 e. The second-order valence-electron chi connectivity index (χ2n) is 9.12. The number of para-hydroxylation sites is 1. The van der Waals surface area contributed by atoms with Crippen LogP contribution in [0.2, 0.25) is 0 Å². The number of hydrogen-bond donors (Lipinski definition) is 1. The second kappa shape index (κ2) is 10.3. The molecule has 0 unspecified atom stereocenters. The molecular weight excluding hydrogens is 442 g/mol. The molecule has 2 atom stereocenters. The van der Waals surface area contributed by atoms with Crippen molar-refractivity contribution in [2.45, 2.75) is 32.4 Å². The van der Waals surface area contributed by atoms with E-state index in [-0.39, 0.29) is 12.1 Å². The van der Waals surface area contributed by atoms with Gasteiger partial charge in [0.15, 0.2) is 5.11 Å². The summed E-state index contributed by atoms with van der Waals surface area (Å²) in [4.78, 5) is 9.57. The summed E-state index contributed by atoms with van der Waals surface area (Å²) in [6.45, 7) is 10.1. The summed E-state index contributed by atoms with van der Waals surface area (Å²) in [5.41, 5.74) is 5.99. The lowest BCUT2D eigenvalue weighted by atomic mass is 9.96. The molecule has 1 N–H and O–H groups in total. The number of rotatable bonds is 7. The minimum atomic E-state index is 0.0156. The van der Waals surface area contributed by atoms with Crippen LogP contribution < -0.4 is 5.32 Å². The third-order valence-electron chi connectivity index (χ3n) is 6.98. The summed E-state index contributed by atoms with van der Waals surface area (Å²) in [5, 5.41) is 4.42. The Morgan fingerprint density at radius 2 is 1.79 bits per heavy atom. The highest BCUT2D eigenvalue weighted by molar-refractivity contribution is 7.80. The van der Waals surface area contributed by atoms with Gasteiger partial charge >= 0.3 is 0 Å². The average Bonchev–Trinajstić information content (AvgIpc) is 3.35. The predicted molar refractivity (Wildman–Crippen MR) is 139 cm³/mol. The predicted octanol–water partition coefficient (Wildman–Crippen LogP) is 4.18. The fraction of sp³-hybridized carbons (Fsp3) is 0.407. The average molecular weight is 476 g/mol. The number of nitrogens with one attached hydrogen (secondary N) is 1. The van der Waals surface area contributed by atoms with Crippen LogP contribution in [0.25, 0.3) is 5.69 Å². The largest absolute Gasteiger partial charge is 0.379 e. The van der Waals surface area contributed by atoms with Crippen LogP contribution in [0.3, 0.4) is 0 Å². The Kier molecular flexibility index (Phi) is 6.94. The molecule has 34 heavy (non-hydrogen) atoms. The summed E-state index contributed by atoms with van der Waals surface area (Å²) in [7, 11) is 0. The molecule has 2 fully saturated rings. The normalized spacial score (nSPS) is 21.1. The van der Waals surface area contributed by atoms with E-state index in [1.807, 2.05) is 12.3 Å². The molecule has 2 aliphatic rings. The standard InChI is InChI=1S/C27H33N5OS/c1-20-19-23(21(2)32(20)22-9-4-3-5-10-22)26-25(24-11-6-7-12-28-24)29-27(34)31(26)14-8-13-30-15-17-33-18-16-30/h3-7,9-12,19,25-26H,8,13-18H2,1-2H3,(H,29,34)/t25-,26+/m1/s1. The van der Waals surface area contributed by atoms with Crippen LogP contribution in [0.15, 0.2) is 60.8 Å². The van der Waals surface area contributed by atoms with Gasteiger partial charge in [0.2, 0.25) is 0 Å². The Bertz CT molecular complexity index is 1110. The van der Waals surface area contributed by atoms with Crippen molar-refractivity contribution in [1.29, 1.82) is 0 Å². The summed E-state index contributed by atoms with van der Waals surface area (Å²) in [6, 6.07) is 19.1. The van der Waals surface area contributed by atoms with Crippen molar-refractivity contribution in [1.82, 2.24) is 24.7 Å². The van der Waals surface area contributed by atoms with Gasteiger partial charge in [-0.05, 0) is 68.4 Å². The molecule has 2 aliphatic heterocycles. The monoisotopic (exact) mass is 475 g/mol. The third kappa shape index (κ3) is 4.60. The number of nitrogens with zero attached hydrogens (tertiary/aromatic N) is 4. The third-order valence-corrected chi connectivity index (χ3v) is 7.33. The highest BCUT2D eigenvalue weighted by Crippen LogP contribution is 2.41. The lowest BCUT2D eigenvalue weighted by molar-refractivity contribution is 0.0365. The number of benzene rings is 1. The van der Waals surface area contributed by atoms with Crippen LogP contribution in [0.1, 0.15) is 41.1 Å². The molecule has 4 heterocycles. The van der Waals surface area contributed by atoms with E-state index in [0.717, 1.165) is 56.6 Å². The molecule has 0 amide bonds. The van der Waals surface area contributed by atoms with E-state index in [1.165, 1.54) is 22.6 Å². The zero-order valence-electron chi connectivity index (χ0n) is 20.0. The highest BCUT2D eigenvalue weighted by Gasteiger charge is 2.41. The van der Waals surface area contributed by atoms with E-state index in [2.05, 4.69) is 82.1 Å². The van der Waals surface area contributed by atoms with E-state index in [9.17, 15) is 0 Å². The van der Waals surface area contributed by atoms with Crippen molar-refractivity contribution >= 4 is 17.3 Å². The van der Waals surface area contributed by atoms with Gasteiger partial charge in [-0.1, -0.05) is 24.3 Å². The number of morpholine rings is 1. The molecule has 0 radical (unpaired) electrons. The summed E-state index contributed by atoms with van der Waals surface area (Å²) in [6.07, 6.45) is 2.93. The molecule has 0 saturated carbocycles. The molecular formula is C27H33N5OS. The molecule has 0 aliphatic carbocycles. The SMILES string of the molecule is Cc1cc([C@H]2[C@@H](c3ccccn3)NC(=S)N2CCCN2CCOCC2)c(C)n1-c1ccccc1. The van der Waals surface area contributed by atoms with Crippen LogP contribution in [-0.2, 0) is 4.74 Å². The van der Waals surface area contributed by atoms with Crippen molar-refractivity contribution in [3.05, 3.63) is 83.4 Å². The number of ether oxygens (including phenoxy) is 1. The molecule has 0 bridgehead atoms. The van der Waals surface area contributed by atoms with Crippen molar-refractivity contribution in [3.63, 3.8) is 0 Å². The van der Waals surface area contributed by atoms with Crippen LogP contribution in [-0.4, -0.2) is 63.9 Å². The lowest BCUT2D eigenvalue weighted by Gasteiger charge is -2.30. The summed E-state index contributed by atoms with van der Waals surface area (Å²) in [5.74, 6) is 0. The Hall–Kier alpha value is -2.74. The molecule has 3 aromatic rings. The minimum absolute atomic E-state index is 0.0156. The number of aryl methyl sites for hydroxylation is 1. The van der Waals surface area contributed by atoms with Crippen LogP contribution in [0.5, 0.6) is 0 Å². The van der Waals surface area contributed by atoms with Gasteiger partial charge < -0.3 is 19.5 Å². The van der Waals surface area contributed by atoms with Crippen LogP contribution in [0, 0.1) is 13.8 Å². The van der Waals surface area contributed by atoms with Gasteiger partial charge in [0, 0.05) is 49.5 Å². The maximum absolute atomic E-state index is 5.89. The van der Waals surface area contributed by atoms with Crippen molar-refractivity contribution < 1.29 is 4.74 Å². The van der Waals surface area contributed by atoms with E-state index < -0.39 is 0 Å². The van der Waals surface area contributed by atoms with E-state index in [1.54, 1.807) is 0 Å². The Morgan fingerprint density at radius 3 is 2.53 bits per heavy atom. The van der Waals surface area contributed by atoms with Gasteiger partial charge in [-0.15, -0.1) is 0 Å². The molecule has 5 rings (SSSR count). The number of thiocarbonyl (C=S) groups is 1. The Labute approximate surface area is 207 Å². The van der Waals surface area contributed by atoms with Gasteiger partial charge in [0.1, 0.15) is 0 Å². The fourth-order valence-corrected chi connectivity index (χ4v) is 5.67. The van der Waals surface area contributed by atoms with Crippen molar-refractivity contribution in [3.8, 4) is 5.69 Å². The fourth-order valence-electron chi connectivity index (χ4n) is 5.34. The first-order valence-corrected chi connectivity index (χ1v) is 12.6. The molecule has 2 aromatic heterocycles. The van der Waals surface area contributed by atoms with Gasteiger partial charge in [-0.25, -0.2) is 0 Å². The molecule has 178 valence electrons. The zero-order valence-corrected chi connectivity index (χ0v) is 20.8. The summed E-state index contributed by atoms with van der Waals surface area (Å²) >= 11 is 5.89. The minimum Gasteiger partial charge on any atom is -0.379 e. The molecule has 7 heteroatoms. The Balaban J connectivity index is 1.46.